The number of nitrogens with zero attached hydrogens (tertiary/aromatic N) is 2. The summed E-state index contributed by atoms with van der Waals surface area (Å²) < 4.78 is 5.21. The molecule has 0 saturated heterocycles. The summed E-state index contributed by atoms with van der Waals surface area (Å²) in [5, 5.41) is 6.45. The van der Waals surface area contributed by atoms with E-state index in [9.17, 15) is 4.79 Å². The molecule has 0 spiro atoms. The highest BCUT2D eigenvalue weighted by molar-refractivity contribution is 6.30. The maximum Gasteiger partial charge on any atom is 0.258 e. The lowest BCUT2D eigenvalue weighted by Crippen LogP contribution is -2.13. The molecule has 0 unspecified atom stereocenters. The maximum absolute atomic E-state index is 12.3. The lowest BCUT2D eigenvalue weighted by molar-refractivity contribution is 0.102. The zero-order valence-electron chi connectivity index (χ0n) is 13.4. The van der Waals surface area contributed by atoms with E-state index in [2.05, 4.69) is 20.6 Å². The van der Waals surface area contributed by atoms with Crippen molar-refractivity contribution < 1.29 is 9.53 Å². The summed E-state index contributed by atoms with van der Waals surface area (Å²) in [4.78, 5) is 20.6. The number of aromatic nitrogens is 2. The fraction of sp³-hybridized carbons (Fsp3) is 0.0556. The number of rotatable bonds is 5. The second-order valence-electron chi connectivity index (χ2n) is 5.08. The van der Waals surface area contributed by atoms with E-state index in [-0.39, 0.29) is 5.91 Å². The number of carbonyl (C=O) groups is 1. The van der Waals surface area contributed by atoms with Crippen molar-refractivity contribution in [1.82, 2.24) is 9.97 Å². The van der Waals surface area contributed by atoms with Crippen LogP contribution in [0.5, 0.6) is 5.75 Å². The second-order valence-corrected chi connectivity index (χ2v) is 5.52. The second kappa shape index (κ2) is 7.63. The van der Waals surface area contributed by atoms with E-state index in [1.54, 1.807) is 31.4 Å². The average Bonchev–Trinajstić information content (AvgIpc) is 2.64. The highest BCUT2D eigenvalue weighted by atomic mass is 35.5. The normalized spacial score (nSPS) is 10.2. The van der Waals surface area contributed by atoms with E-state index in [0.717, 1.165) is 5.69 Å². The Labute approximate surface area is 149 Å². The van der Waals surface area contributed by atoms with Gasteiger partial charge in [-0.1, -0.05) is 23.7 Å². The Hall–Kier alpha value is -3.12. The standard InChI is InChI=1S/C18H15ClN4O2/c1-25-16-5-3-2-4-15(16)23-17(24)12-10-20-18(21-11-12)22-14-8-6-13(19)7-9-14/h2-11H,1H3,(H,23,24)(H,20,21,22). The number of anilines is 3. The number of hydrogen-bond acceptors (Lipinski definition) is 5. The van der Waals surface area contributed by atoms with Crippen LogP contribution in [0.25, 0.3) is 0 Å². The fourth-order valence-corrected chi connectivity index (χ4v) is 2.24. The Balaban J connectivity index is 1.69. The van der Waals surface area contributed by atoms with Crippen LogP contribution in [0.4, 0.5) is 17.3 Å². The quantitative estimate of drug-likeness (QED) is 0.720. The monoisotopic (exact) mass is 354 g/mol. The Bertz CT molecular complexity index is 867. The SMILES string of the molecule is COc1ccccc1NC(=O)c1cnc(Nc2ccc(Cl)cc2)nc1. The molecular weight excluding hydrogens is 340 g/mol. The lowest BCUT2D eigenvalue weighted by Gasteiger charge is -2.10. The number of halogens is 1. The Morgan fingerprint density at radius 2 is 1.72 bits per heavy atom. The van der Waals surface area contributed by atoms with E-state index >= 15 is 0 Å². The van der Waals surface area contributed by atoms with Crippen LogP contribution in [0.1, 0.15) is 10.4 Å². The van der Waals surface area contributed by atoms with Crippen LogP contribution < -0.4 is 15.4 Å². The van der Waals surface area contributed by atoms with Gasteiger partial charge in [-0.3, -0.25) is 4.79 Å². The van der Waals surface area contributed by atoms with Crippen molar-refractivity contribution in [3.63, 3.8) is 0 Å². The minimum absolute atomic E-state index is 0.317. The number of methoxy groups -OCH3 is 1. The third kappa shape index (κ3) is 4.24. The van der Waals surface area contributed by atoms with Crippen LogP contribution in [-0.4, -0.2) is 23.0 Å². The van der Waals surface area contributed by atoms with Gasteiger partial charge in [-0.2, -0.15) is 0 Å². The largest absolute Gasteiger partial charge is 0.495 e. The molecule has 25 heavy (non-hydrogen) atoms. The molecule has 0 fully saturated rings. The summed E-state index contributed by atoms with van der Waals surface area (Å²) >= 11 is 5.85. The van der Waals surface area contributed by atoms with Crippen LogP contribution in [0.3, 0.4) is 0 Å². The van der Waals surface area contributed by atoms with Crippen molar-refractivity contribution in [2.45, 2.75) is 0 Å². The number of para-hydroxylation sites is 2. The Kier molecular flexibility index (Phi) is 5.11. The number of nitrogens with one attached hydrogen (secondary N) is 2. The molecule has 126 valence electrons. The first kappa shape index (κ1) is 16.7. The molecule has 0 bridgehead atoms. The molecule has 3 rings (SSSR count). The summed E-state index contributed by atoms with van der Waals surface area (Å²) in [5.41, 5.74) is 1.72. The fourth-order valence-electron chi connectivity index (χ4n) is 2.11. The third-order valence-electron chi connectivity index (χ3n) is 3.37. The minimum atomic E-state index is -0.317. The Morgan fingerprint density at radius 1 is 1.04 bits per heavy atom. The van der Waals surface area contributed by atoms with Gasteiger partial charge in [-0.25, -0.2) is 9.97 Å². The van der Waals surface area contributed by atoms with Crippen LogP contribution in [0.2, 0.25) is 5.02 Å². The van der Waals surface area contributed by atoms with Crippen molar-refractivity contribution in [2.24, 2.45) is 0 Å². The van der Waals surface area contributed by atoms with Gasteiger partial charge in [-0.15, -0.1) is 0 Å². The first-order chi connectivity index (χ1) is 12.2. The van der Waals surface area contributed by atoms with Gasteiger partial charge in [0, 0.05) is 23.1 Å². The number of ether oxygens (including phenoxy) is 1. The molecule has 2 aromatic carbocycles. The van der Waals surface area contributed by atoms with Crippen molar-refractivity contribution >= 4 is 34.8 Å². The highest BCUT2D eigenvalue weighted by Crippen LogP contribution is 2.23. The minimum Gasteiger partial charge on any atom is -0.495 e. The molecule has 0 radical (unpaired) electrons. The zero-order chi connectivity index (χ0) is 17.6. The van der Waals surface area contributed by atoms with Gasteiger partial charge < -0.3 is 15.4 Å². The molecule has 7 heteroatoms. The lowest BCUT2D eigenvalue weighted by atomic mass is 10.2. The van der Waals surface area contributed by atoms with Gasteiger partial charge in [0.1, 0.15) is 5.75 Å². The van der Waals surface area contributed by atoms with E-state index in [1.165, 1.54) is 12.4 Å². The first-order valence-electron chi connectivity index (χ1n) is 7.45. The molecule has 1 heterocycles. The number of amides is 1. The predicted molar refractivity (Wildman–Crippen MR) is 97.7 cm³/mol. The number of hydrogen-bond donors (Lipinski definition) is 2. The van der Waals surface area contributed by atoms with Crippen molar-refractivity contribution in [2.75, 3.05) is 17.7 Å². The van der Waals surface area contributed by atoms with Crippen LogP contribution in [0.15, 0.2) is 60.9 Å². The van der Waals surface area contributed by atoms with Gasteiger partial charge in [0.25, 0.3) is 5.91 Å². The van der Waals surface area contributed by atoms with Crippen LogP contribution in [0, 0.1) is 0 Å². The molecule has 0 aliphatic heterocycles. The van der Waals surface area contributed by atoms with Gasteiger partial charge in [0.05, 0.1) is 18.4 Å². The molecule has 1 aromatic heterocycles. The molecule has 0 aliphatic carbocycles. The van der Waals surface area contributed by atoms with E-state index in [0.29, 0.717) is 28.0 Å². The third-order valence-corrected chi connectivity index (χ3v) is 3.62. The summed E-state index contributed by atoms with van der Waals surface area (Å²) in [5.74, 6) is 0.650. The molecular formula is C18H15ClN4O2. The van der Waals surface area contributed by atoms with Gasteiger partial charge in [0.2, 0.25) is 5.95 Å². The number of carbonyl (C=O) groups excluding carboxylic acids is 1. The van der Waals surface area contributed by atoms with Gasteiger partial charge in [0.15, 0.2) is 0 Å². The van der Waals surface area contributed by atoms with E-state index < -0.39 is 0 Å². The van der Waals surface area contributed by atoms with Crippen LogP contribution in [-0.2, 0) is 0 Å². The Morgan fingerprint density at radius 3 is 2.40 bits per heavy atom. The van der Waals surface area contributed by atoms with Gasteiger partial charge in [-0.05, 0) is 36.4 Å². The molecule has 0 aliphatic rings. The van der Waals surface area contributed by atoms with E-state index in [1.807, 2.05) is 24.3 Å². The smallest absolute Gasteiger partial charge is 0.258 e. The van der Waals surface area contributed by atoms with Crippen molar-refractivity contribution in [1.29, 1.82) is 0 Å². The summed E-state index contributed by atoms with van der Waals surface area (Å²) in [6, 6.07) is 14.3. The van der Waals surface area contributed by atoms with Crippen LogP contribution >= 0.6 is 11.6 Å². The van der Waals surface area contributed by atoms with Crippen molar-refractivity contribution in [3.05, 3.63) is 71.5 Å². The number of benzene rings is 2. The highest BCUT2D eigenvalue weighted by Gasteiger charge is 2.10. The first-order valence-corrected chi connectivity index (χ1v) is 7.82. The summed E-state index contributed by atoms with van der Waals surface area (Å²) in [7, 11) is 1.55. The molecule has 0 atom stereocenters. The summed E-state index contributed by atoms with van der Waals surface area (Å²) in [6.45, 7) is 0. The van der Waals surface area contributed by atoms with Gasteiger partial charge >= 0.3 is 0 Å². The van der Waals surface area contributed by atoms with E-state index in [4.69, 9.17) is 16.3 Å². The average molecular weight is 355 g/mol. The maximum atomic E-state index is 12.3. The molecule has 0 saturated carbocycles. The predicted octanol–water partition coefficient (Wildman–Crippen LogP) is 4.13. The zero-order valence-corrected chi connectivity index (χ0v) is 14.1. The molecule has 6 nitrogen and oxygen atoms in total. The summed E-state index contributed by atoms with van der Waals surface area (Å²) in [6.07, 6.45) is 2.91. The molecule has 1 amide bonds. The molecule has 2 N–H and O–H groups in total. The molecule has 3 aromatic rings. The van der Waals surface area contributed by atoms with Crippen molar-refractivity contribution in [3.8, 4) is 5.75 Å². The topological polar surface area (TPSA) is 76.1 Å².